The molecule has 1 heterocycles. The standard InChI is InChI=1S/C9H17BN2O/c10-7-3-1-6(2-4-7)8-5-9(11)12-13-8/h6-9,12H,1-5,11H2/t6?,7?,8-,9?/m0/s1. The van der Waals surface area contributed by atoms with Crippen molar-refractivity contribution in [2.45, 2.75) is 50.2 Å². The molecular formula is C9H17BN2O. The van der Waals surface area contributed by atoms with Gasteiger partial charge in [0, 0.05) is 6.42 Å². The molecule has 0 aromatic carbocycles. The van der Waals surface area contributed by atoms with E-state index in [1.165, 1.54) is 12.8 Å². The third-order valence-corrected chi connectivity index (χ3v) is 3.20. The van der Waals surface area contributed by atoms with E-state index in [4.69, 9.17) is 18.4 Å². The van der Waals surface area contributed by atoms with Gasteiger partial charge in [-0.2, -0.15) is 5.48 Å². The van der Waals surface area contributed by atoms with Crippen LogP contribution in [0.25, 0.3) is 0 Å². The van der Waals surface area contributed by atoms with E-state index in [9.17, 15) is 0 Å². The van der Waals surface area contributed by atoms with Crippen LogP contribution in [-0.2, 0) is 4.84 Å². The van der Waals surface area contributed by atoms with Crippen LogP contribution in [0.5, 0.6) is 0 Å². The first-order valence-electron chi connectivity index (χ1n) is 5.18. The van der Waals surface area contributed by atoms with E-state index in [1.54, 1.807) is 0 Å². The van der Waals surface area contributed by atoms with Gasteiger partial charge in [0.05, 0.1) is 20.1 Å². The second-order valence-electron chi connectivity index (χ2n) is 4.29. The number of nitrogens with one attached hydrogen (secondary N) is 1. The molecule has 1 aliphatic carbocycles. The van der Waals surface area contributed by atoms with Crippen molar-refractivity contribution in [3.8, 4) is 0 Å². The molecule has 2 aliphatic rings. The molecule has 2 radical (unpaired) electrons. The van der Waals surface area contributed by atoms with E-state index in [0.29, 0.717) is 17.8 Å². The zero-order valence-corrected chi connectivity index (χ0v) is 7.91. The van der Waals surface area contributed by atoms with E-state index >= 15 is 0 Å². The minimum atomic E-state index is 0.0283. The summed E-state index contributed by atoms with van der Waals surface area (Å²) in [7, 11) is 5.84. The molecule has 0 amide bonds. The molecule has 4 heteroatoms. The SMILES string of the molecule is [B]C1CCC([C@@H]2CC(N)NO2)CC1. The van der Waals surface area contributed by atoms with Crippen LogP contribution in [0.1, 0.15) is 32.1 Å². The molecule has 3 nitrogen and oxygen atoms in total. The topological polar surface area (TPSA) is 47.3 Å². The maximum Gasteiger partial charge on any atom is 0.0847 e. The Labute approximate surface area is 80.8 Å². The highest BCUT2D eigenvalue weighted by atomic mass is 16.7. The summed E-state index contributed by atoms with van der Waals surface area (Å²) in [6, 6.07) is 0. The van der Waals surface area contributed by atoms with Crippen molar-refractivity contribution in [2.75, 3.05) is 0 Å². The molecule has 0 bridgehead atoms. The van der Waals surface area contributed by atoms with Crippen molar-refractivity contribution in [3.63, 3.8) is 0 Å². The van der Waals surface area contributed by atoms with Gasteiger partial charge in [-0.3, -0.25) is 4.84 Å². The summed E-state index contributed by atoms with van der Waals surface area (Å²) in [5.41, 5.74) is 8.52. The van der Waals surface area contributed by atoms with Crippen LogP contribution in [0.15, 0.2) is 0 Å². The van der Waals surface area contributed by atoms with E-state index in [0.717, 1.165) is 19.3 Å². The van der Waals surface area contributed by atoms with Crippen LogP contribution in [-0.4, -0.2) is 20.1 Å². The molecule has 1 saturated heterocycles. The fourth-order valence-corrected chi connectivity index (χ4v) is 2.33. The molecule has 0 aromatic heterocycles. The average molecular weight is 180 g/mol. The first-order valence-corrected chi connectivity index (χ1v) is 5.18. The Balaban J connectivity index is 1.81. The molecule has 0 aromatic rings. The van der Waals surface area contributed by atoms with E-state index in [1.807, 2.05) is 0 Å². The lowest BCUT2D eigenvalue weighted by Gasteiger charge is -2.29. The van der Waals surface area contributed by atoms with Gasteiger partial charge in [-0.15, -0.1) is 0 Å². The van der Waals surface area contributed by atoms with Crippen molar-refractivity contribution >= 4 is 7.85 Å². The molecule has 2 atom stereocenters. The molecule has 1 aliphatic heterocycles. The molecule has 13 heavy (non-hydrogen) atoms. The third-order valence-electron chi connectivity index (χ3n) is 3.20. The van der Waals surface area contributed by atoms with Gasteiger partial charge < -0.3 is 5.73 Å². The maximum absolute atomic E-state index is 5.84. The maximum atomic E-state index is 5.84. The van der Waals surface area contributed by atoms with Gasteiger partial charge in [0.15, 0.2) is 0 Å². The zero-order valence-electron chi connectivity index (χ0n) is 7.91. The summed E-state index contributed by atoms with van der Waals surface area (Å²) in [6.07, 6.45) is 5.96. The Hall–Kier alpha value is -0.0551. The minimum absolute atomic E-state index is 0.0283. The van der Waals surface area contributed by atoms with Crippen molar-refractivity contribution in [2.24, 2.45) is 11.7 Å². The lowest BCUT2D eigenvalue weighted by atomic mass is 9.70. The molecule has 3 N–H and O–H groups in total. The monoisotopic (exact) mass is 180 g/mol. The van der Waals surface area contributed by atoms with Gasteiger partial charge in [0.2, 0.25) is 0 Å². The average Bonchev–Trinajstić information content (AvgIpc) is 2.53. The van der Waals surface area contributed by atoms with Crippen molar-refractivity contribution in [1.29, 1.82) is 0 Å². The number of hydrogen-bond donors (Lipinski definition) is 2. The number of hydrogen-bond acceptors (Lipinski definition) is 3. The van der Waals surface area contributed by atoms with Gasteiger partial charge in [-0.25, -0.2) is 0 Å². The Morgan fingerprint density at radius 1 is 1.23 bits per heavy atom. The fraction of sp³-hybridized carbons (Fsp3) is 1.00. The second kappa shape index (κ2) is 3.99. The minimum Gasteiger partial charge on any atom is -0.314 e. The van der Waals surface area contributed by atoms with Gasteiger partial charge in [0.1, 0.15) is 0 Å². The number of nitrogens with two attached hydrogens (primary N) is 1. The smallest absolute Gasteiger partial charge is 0.0847 e. The highest BCUT2D eigenvalue weighted by Crippen LogP contribution is 2.35. The van der Waals surface area contributed by atoms with Gasteiger partial charge in [0.25, 0.3) is 0 Å². The van der Waals surface area contributed by atoms with Crippen LogP contribution in [0, 0.1) is 5.92 Å². The Kier molecular flexibility index (Phi) is 2.91. The summed E-state index contributed by atoms with van der Waals surface area (Å²) in [5.74, 6) is 1.08. The van der Waals surface area contributed by atoms with E-state index in [-0.39, 0.29) is 6.17 Å². The largest absolute Gasteiger partial charge is 0.314 e. The summed E-state index contributed by atoms with van der Waals surface area (Å²) >= 11 is 0. The first kappa shape index (κ1) is 9.50. The fourth-order valence-electron chi connectivity index (χ4n) is 2.33. The summed E-state index contributed by atoms with van der Waals surface area (Å²) < 4.78 is 0. The van der Waals surface area contributed by atoms with Gasteiger partial charge in [-0.05, 0) is 18.8 Å². The van der Waals surface area contributed by atoms with Gasteiger partial charge in [-0.1, -0.05) is 18.7 Å². The van der Waals surface area contributed by atoms with E-state index in [2.05, 4.69) is 5.48 Å². The molecule has 2 fully saturated rings. The van der Waals surface area contributed by atoms with Gasteiger partial charge >= 0.3 is 0 Å². The second-order valence-corrected chi connectivity index (χ2v) is 4.29. The van der Waals surface area contributed by atoms with E-state index < -0.39 is 0 Å². The number of hydroxylamine groups is 1. The quantitative estimate of drug-likeness (QED) is 0.584. The van der Waals surface area contributed by atoms with Crippen LogP contribution < -0.4 is 11.2 Å². The third kappa shape index (κ3) is 2.24. The lowest BCUT2D eigenvalue weighted by molar-refractivity contribution is -0.0141. The Morgan fingerprint density at radius 3 is 2.46 bits per heavy atom. The summed E-state index contributed by atoms with van der Waals surface area (Å²) in [5, 5.41) is 0. The number of rotatable bonds is 1. The van der Waals surface area contributed by atoms with Crippen molar-refractivity contribution in [1.82, 2.24) is 5.48 Å². The van der Waals surface area contributed by atoms with Crippen molar-refractivity contribution in [3.05, 3.63) is 0 Å². The molecule has 72 valence electrons. The van der Waals surface area contributed by atoms with Crippen LogP contribution in [0.2, 0.25) is 5.82 Å². The predicted octanol–water partition coefficient (Wildman–Crippen LogP) is 0.712. The molecule has 2 rings (SSSR count). The lowest BCUT2D eigenvalue weighted by Crippen LogP contribution is -2.29. The first-order chi connectivity index (χ1) is 6.25. The predicted molar refractivity (Wildman–Crippen MR) is 52.1 cm³/mol. The molecule has 1 unspecified atom stereocenters. The molecule has 1 saturated carbocycles. The summed E-state index contributed by atoms with van der Waals surface area (Å²) in [6.45, 7) is 0. The molecule has 0 spiro atoms. The van der Waals surface area contributed by atoms with Crippen LogP contribution in [0.4, 0.5) is 0 Å². The van der Waals surface area contributed by atoms with Crippen LogP contribution >= 0.6 is 0 Å². The highest BCUT2D eigenvalue weighted by Gasteiger charge is 2.32. The zero-order chi connectivity index (χ0) is 9.26. The van der Waals surface area contributed by atoms with Crippen LogP contribution in [0.3, 0.4) is 0 Å². The van der Waals surface area contributed by atoms with Crippen molar-refractivity contribution < 1.29 is 4.84 Å². The normalized spacial score (nSPS) is 46.5. The Morgan fingerprint density at radius 2 is 1.92 bits per heavy atom. The molecular weight excluding hydrogens is 163 g/mol. The Bertz CT molecular complexity index is 171. The summed E-state index contributed by atoms with van der Waals surface area (Å²) in [4.78, 5) is 5.42. The highest BCUT2D eigenvalue weighted by molar-refractivity contribution is 6.11.